The Morgan fingerprint density at radius 1 is 1.48 bits per heavy atom. The molecule has 2 heterocycles. The molecule has 1 saturated heterocycles. The Balaban J connectivity index is 1.93. The number of aromatic nitrogens is 1. The molecule has 1 aromatic heterocycles. The molecule has 21 heavy (non-hydrogen) atoms. The standard InChI is InChI=1S/C13H12F2N4O2/c14-13(15)5-10(6-16)19(8-13)11(20)7-18-12(21)9-1-3-17-4-2-9/h1-4,10H,5,7-8H2,(H,18,21). The van der Waals surface area contributed by atoms with Gasteiger partial charge in [-0.3, -0.25) is 14.6 Å². The molecule has 1 unspecified atom stereocenters. The van der Waals surface area contributed by atoms with Crippen LogP contribution in [-0.2, 0) is 4.79 Å². The summed E-state index contributed by atoms with van der Waals surface area (Å²) in [5.41, 5.74) is 0.307. The van der Waals surface area contributed by atoms with Crippen molar-refractivity contribution >= 4 is 11.8 Å². The van der Waals surface area contributed by atoms with Crippen LogP contribution in [0.3, 0.4) is 0 Å². The summed E-state index contributed by atoms with van der Waals surface area (Å²) >= 11 is 0. The van der Waals surface area contributed by atoms with Gasteiger partial charge in [-0.1, -0.05) is 0 Å². The second kappa shape index (κ2) is 5.83. The average Bonchev–Trinajstić information content (AvgIpc) is 2.80. The lowest BCUT2D eigenvalue weighted by molar-refractivity contribution is -0.131. The van der Waals surface area contributed by atoms with Gasteiger partial charge in [0.1, 0.15) is 6.04 Å². The number of nitrogens with zero attached hydrogens (tertiary/aromatic N) is 3. The van der Waals surface area contributed by atoms with Crippen molar-refractivity contribution < 1.29 is 18.4 Å². The fourth-order valence-electron chi connectivity index (χ4n) is 2.06. The second-order valence-electron chi connectivity index (χ2n) is 4.65. The summed E-state index contributed by atoms with van der Waals surface area (Å²) in [6.45, 7) is -1.23. The van der Waals surface area contributed by atoms with E-state index in [9.17, 15) is 18.4 Å². The van der Waals surface area contributed by atoms with Crippen molar-refractivity contribution in [3.8, 4) is 6.07 Å². The number of pyridine rings is 1. The van der Waals surface area contributed by atoms with Crippen LogP contribution in [0.25, 0.3) is 0 Å². The summed E-state index contributed by atoms with van der Waals surface area (Å²) in [4.78, 5) is 28.1. The van der Waals surface area contributed by atoms with Crippen molar-refractivity contribution in [2.24, 2.45) is 0 Å². The van der Waals surface area contributed by atoms with E-state index in [0.717, 1.165) is 4.90 Å². The van der Waals surface area contributed by atoms with Crippen LogP contribution in [0.4, 0.5) is 8.78 Å². The predicted octanol–water partition coefficient (Wildman–Crippen LogP) is 0.571. The number of carbonyl (C=O) groups is 2. The topological polar surface area (TPSA) is 86.1 Å². The molecule has 0 radical (unpaired) electrons. The SMILES string of the molecule is N#CC1CC(F)(F)CN1C(=O)CNC(=O)c1ccncc1. The third-order valence-corrected chi connectivity index (χ3v) is 3.08. The molecule has 1 N–H and O–H groups in total. The van der Waals surface area contributed by atoms with Crippen LogP contribution in [0.2, 0.25) is 0 Å². The molecule has 110 valence electrons. The largest absolute Gasteiger partial charge is 0.343 e. The lowest BCUT2D eigenvalue weighted by atomic mass is 10.2. The fraction of sp³-hybridized carbons (Fsp3) is 0.385. The number of alkyl halides is 2. The molecule has 8 heteroatoms. The van der Waals surface area contributed by atoms with Crippen LogP contribution < -0.4 is 5.32 Å². The van der Waals surface area contributed by atoms with Crippen LogP contribution in [0.5, 0.6) is 0 Å². The van der Waals surface area contributed by atoms with E-state index in [1.165, 1.54) is 24.5 Å². The van der Waals surface area contributed by atoms with Gasteiger partial charge in [-0.15, -0.1) is 0 Å². The van der Waals surface area contributed by atoms with E-state index in [1.54, 1.807) is 6.07 Å². The summed E-state index contributed by atoms with van der Waals surface area (Å²) in [7, 11) is 0. The first-order chi connectivity index (χ1) is 9.93. The third kappa shape index (κ3) is 3.51. The van der Waals surface area contributed by atoms with Gasteiger partial charge in [0.15, 0.2) is 0 Å². The molecule has 0 saturated carbocycles. The summed E-state index contributed by atoms with van der Waals surface area (Å²) in [6, 6.07) is 3.43. The molecule has 2 amide bonds. The summed E-state index contributed by atoms with van der Waals surface area (Å²) in [6.07, 6.45) is 2.17. The van der Waals surface area contributed by atoms with Crippen LogP contribution in [0.15, 0.2) is 24.5 Å². The van der Waals surface area contributed by atoms with Crippen molar-refractivity contribution in [3.63, 3.8) is 0 Å². The number of nitriles is 1. The maximum absolute atomic E-state index is 13.2. The Kier molecular flexibility index (Phi) is 4.12. The first kappa shape index (κ1) is 14.8. The molecular formula is C13H12F2N4O2. The third-order valence-electron chi connectivity index (χ3n) is 3.08. The zero-order valence-electron chi connectivity index (χ0n) is 10.9. The van der Waals surface area contributed by atoms with Gasteiger partial charge in [-0.2, -0.15) is 5.26 Å². The first-order valence-corrected chi connectivity index (χ1v) is 6.18. The summed E-state index contributed by atoms with van der Waals surface area (Å²) < 4.78 is 26.4. The molecule has 0 aliphatic carbocycles. The minimum Gasteiger partial charge on any atom is -0.343 e. The summed E-state index contributed by atoms with van der Waals surface area (Å²) in [5.74, 6) is -4.28. The van der Waals surface area contributed by atoms with Gasteiger partial charge in [0.25, 0.3) is 11.8 Å². The zero-order chi connectivity index (χ0) is 15.5. The Morgan fingerprint density at radius 3 is 2.76 bits per heavy atom. The number of halogens is 2. The molecule has 0 aromatic carbocycles. The predicted molar refractivity (Wildman–Crippen MR) is 67.2 cm³/mol. The number of nitrogens with one attached hydrogen (secondary N) is 1. The number of hydrogen-bond donors (Lipinski definition) is 1. The Hall–Kier alpha value is -2.56. The van der Waals surface area contributed by atoms with Crippen LogP contribution in [-0.4, -0.2) is 46.8 Å². The second-order valence-corrected chi connectivity index (χ2v) is 4.65. The van der Waals surface area contributed by atoms with E-state index in [2.05, 4.69) is 10.3 Å². The van der Waals surface area contributed by atoms with Gasteiger partial charge >= 0.3 is 0 Å². The zero-order valence-corrected chi connectivity index (χ0v) is 10.9. The monoisotopic (exact) mass is 294 g/mol. The van der Waals surface area contributed by atoms with Crippen molar-refractivity contribution in [1.29, 1.82) is 5.26 Å². The number of hydrogen-bond acceptors (Lipinski definition) is 4. The smallest absolute Gasteiger partial charge is 0.268 e. The highest BCUT2D eigenvalue weighted by atomic mass is 19.3. The molecule has 2 rings (SSSR count). The van der Waals surface area contributed by atoms with Crippen molar-refractivity contribution in [1.82, 2.24) is 15.2 Å². The van der Waals surface area contributed by atoms with Gasteiger partial charge in [0.2, 0.25) is 5.91 Å². The van der Waals surface area contributed by atoms with Crippen LogP contribution in [0.1, 0.15) is 16.8 Å². The highest BCUT2D eigenvalue weighted by molar-refractivity contribution is 5.96. The van der Waals surface area contributed by atoms with Crippen LogP contribution in [0, 0.1) is 11.3 Å². The highest BCUT2D eigenvalue weighted by Gasteiger charge is 2.47. The minimum atomic E-state index is -3.06. The number of rotatable bonds is 3. The Labute approximate surface area is 119 Å². The number of carbonyl (C=O) groups excluding carboxylic acids is 2. The van der Waals surface area contributed by atoms with Gasteiger partial charge in [-0.05, 0) is 12.1 Å². The molecule has 1 fully saturated rings. The highest BCUT2D eigenvalue weighted by Crippen LogP contribution is 2.31. The molecular weight excluding hydrogens is 282 g/mol. The van der Waals surface area contributed by atoms with Crippen molar-refractivity contribution in [3.05, 3.63) is 30.1 Å². The number of amides is 2. The maximum atomic E-state index is 13.2. The van der Waals surface area contributed by atoms with E-state index in [4.69, 9.17) is 5.26 Å². The normalized spacial score (nSPS) is 19.9. The van der Waals surface area contributed by atoms with E-state index >= 15 is 0 Å². The summed E-state index contributed by atoms with van der Waals surface area (Å²) in [5, 5.41) is 11.1. The van der Waals surface area contributed by atoms with E-state index in [-0.39, 0.29) is 0 Å². The maximum Gasteiger partial charge on any atom is 0.268 e. The van der Waals surface area contributed by atoms with E-state index in [1.807, 2.05) is 0 Å². The first-order valence-electron chi connectivity index (χ1n) is 6.18. The van der Waals surface area contributed by atoms with Crippen molar-refractivity contribution in [2.45, 2.75) is 18.4 Å². The van der Waals surface area contributed by atoms with Gasteiger partial charge in [0, 0.05) is 24.4 Å². The quantitative estimate of drug-likeness (QED) is 0.883. The Bertz CT molecular complexity index is 586. The lowest BCUT2D eigenvalue weighted by Crippen LogP contribution is -2.42. The molecule has 1 aliphatic rings. The lowest BCUT2D eigenvalue weighted by Gasteiger charge is -2.19. The molecule has 1 atom stereocenters. The molecule has 1 aliphatic heterocycles. The molecule has 6 nitrogen and oxygen atoms in total. The molecule has 0 bridgehead atoms. The van der Waals surface area contributed by atoms with Crippen molar-refractivity contribution in [2.75, 3.05) is 13.1 Å². The Morgan fingerprint density at radius 2 is 2.14 bits per heavy atom. The fourth-order valence-corrected chi connectivity index (χ4v) is 2.06. The van der Waals surface area contributed by atoms with Gasteiger partial charge in [0.05, 0.1) is 19.2 Å². The molecule has 1 aromatic rings. The van der Waals surface area contributed by atoms with E-state index in [0.29, 0.717) is 5.56 Å². The van der Waals surface area contributed by atoms with E-state index < -0.39 is 43.3 Å². The van der Waals surface area contributed by atoms with Gasteiger partial charge < -0.3 is 10.2 Å². The number of likely N-dealkylation sites (tertiary alicyclic amines) is 1. The average molecular weight is 294 g/mol. The minimum absolute atomic E-state index is 0.307. The van der Waals surface area contributed by atoms with Crippen LogP contribution >= 0.6 is 0 Å². The molecule has 0 spiro atoms. The van der Waals surface area contributed by atoms with Gasteiger partial charge in [-0.25, -0.2) is 8.78 Å².